The number of ether oxygens (including phenoxy) is 2. The minimum atomic E-state index is -0.406. The Labute approximate surface area is 150 Å². The van der Waals surface area contributed by atoms with Gasteiger partial charge in [0.2, 0.25) is 0 Å². The molecule has 6 heteroatoms. The van der Waals surface area contributed by atoms with Crippen LogP contribution in [0.5, 0.6) is 11.5 Å². The molecule has 0 spiro atoms. The van der Waals surface area contributed by atoms with E-state index in [0.717, 1.165) is 22.2 Å². The van der Waals surface area contributed by atoms with Gasteiger partial charge < -0.3 is 19.2 Å². The summed E-state index contributed by atoms with van der Waals surface area (Å²) in [6.45, 7) is 2.36. The lowest BCUT2D eigenvalue weighted by Gasteiger charge is -2.14. The number of methoxy groups -OCH3 is 2. The highest BCUT2D eigenvalue weighted by Gasteiger charge is 2.10. The van der Waals surface area contributed by atoms with E-state index in [-0.39, 0.29) is 0 Å². The molecule has 2 aromatic carbocycles. The van der Waals surface area contributed by atoms with Crippen molar-refractivity contribution in [3.63, 3.8) is 0 Å². The number of hydrogen-bond acceptors (Lipinski definition) is 5. The van der Waals surface area contributed by atoms with Crippen molar-refractivity contribution in [1.82, 2.24) is 0 Å². The second-order valence-corrected chi connectivity index (χ2v) is 6.02. The van der Waals surface area contributed by atoms with Crippen LogP contribution in [0, 0.1) is 6.92 Å². The van der Waals surface area contributed by atoms with Gasteiger partial charge in [0.15, 0.2) is 0 Å². The smallest absolute Gasteiger partial charge is 0.336 e. The summed E-state index contributed by atoms with van der Waals surface area (Å²) < 4.78 is 15.8. The number of halogens is 1. The number of aryl methyl sites for hydroxylation is 1. The molecule has 0 radical (unpaired) electrons. The van der Waals surface area contributed by atoms with E-state index in [0.29, 0.717) is 28.6 Å². The summed E-state index contributed by atoms with van der Waals surface area (Å²) in [6.07, 6.45) is 0. The zero-order valence-electron chi connectivity index (χ0n) is 14.2. The van der Waals surface area contributed by atoms with Crippen LogP contribution < -0.4 is 20.4 Å². The van der Waals surface area contributed by atoms with E-state index in [1.807, 2.05) is 25.1 Å². The first-order valence-corrected chi connectivity index (χ1v) is 8.08. The minimum Gasteiger partial charge on any atom is -0.497 e. The SMILES string of the molecule is COc1ccc2c(CNc3cc(C)c(Cl)cc3OC)cc(=O)oc2c1. The fraction of sp³-hybridized carbons (Fsp3) is 0.211. The summed E-state index contributed by atoms with van der Waals surface area (Å²) in [4.78, 5) is 11.9. The van der Waals surface area contributed by atoms with Crippen molar-refractivity contribution in [2.45, 2.75) is 13.5 Å². The Morgan fingerprint density at radius 1 is 1.12 bits per heavy atom. The van der Waals surface area contributed by atoms with Crippen LogP contribution in [0.3, 0.4) is 0 Å². The first-order valence-electron chi connectivity index (χ1n) is 7.70. The fourth-order valence-electron chi connectivity index (χ4n) is 2.64. The zero-order valence-corrected chi connectivity index (χ0v) is 14.9. The van der Waals surface area contributed by atoms with Crippen molar-refractivity contribution in [3.05, 3.63) is 63.0 Å². The molecule has 3 aromatic rings. The molecule has 0 amide bonds. The number of fused-ring (bicyclic) bond motifs is 1. The molecule has 0 fully saturated rings. The maximum Gasteiger partial charge on any atom is 0.336 e. The van der Waals surface area contributed by atoms with Crippen LogP contribution in [0.2, 0.25) is 5.02 Å². The van der Waals surface area contributed by atoms with Crippen LogP contribution in [-0.2, 0) is 6.54 Å². The van der Waals surface area contributed by atoms with Crippen LogP contribution in [0.1, 0.15) is 11.1 Å². The lowest BCUT2D eigenvalue weighted by atomic mass is 10.1. The third-order valence-electron chi connectivity index (χ3n) is 3.99. The molecule has 0 aliphatic heterocycles. The Balaban J connectivity index is 1.96. The molecule has 1 aromatic heterocycles. The highest BCUT2D eigenvalue weighted by molar-refractivity contribution is 6.31. The highest BCUT2D eigenvalue weighted by atomic mass is 35.5. The highest BCUT2D eigenvalue weighted by Crippen LogP contribution is 2.31. The van der Waals surface area contributed by atoms with Gasteiger partial charge >= 0.3 is 5.63 Å². The molecule has 0 saturated heterocycles. The quantitative estimate of drug-likeness (QED) is 0.685. The summed E-state index contributed by atoms with van der Waals surface area (Å²) in [5.41, 5.74) is 2.65. The topological polar surface area (TPSA) is 60.7 Å². The maximum atomic E-state index is 11.9. The lowest BCUT2D eigenvalue weighted by molar-refractivity contribution is 0.414. The molecule has 0 bridgehead atoms. The second kappa shape index (κ2) is 7.07. The van der Waals surface area contributed by atoms with Crippen LogP contribution in [0.15, 0.2) is 45.6 Å². The third kappa shape index (κ3) is 3.56. The first kappa shape index (κ1) is 17.2. The van der Waals surface area contributed by atoms with E-state index in [1.54, 1.807) is 26.4 Å². The van der Waals surface area contributed by atoms with Crippen molar-refractivity contribution in [2.24, 2.45) is 0 Å². The molecule has 3 rings (SSSR count). The van der Waals surface area contributed by atoms with Crippen molar-refractivity contribution in [3.8, 4) is 11.5 Å². The number of hydrogen-bond donors (Lipinski definition) is 1. The van der Waals surface area contributed by atoms with Gasteiger partial charge in [-0.15, -0.1) is 0 Å². The van der Waals surface area contributed by atoms with Gasteiger partial charge in [-0.25, -0.2) is 4.79 Å². The molecular formula is C19H18ClNO4. The van der Waals surface area contributed by atoms with Gasteiger partial charge in [-0.2, -0.15) is 0 Å². The third-order valence-corrected chi connectivity index (χ3v) is 4.39. The van der Waals surface area contributed by atoms with Crippen LogP contribution >= 0.6 is 11.6 Å². The molecular weight excluding hydrogens is 342 g/mol. The monoisotopic (exact) mass is 359 g/mol. The van der Waals surface area contributed by atoms with Gasteiger partial charge in [-0.05, 0) is 36.2 Å². The lowest BCUT2D eigenvalue weighted by Crippen LogP contribution is -2.07. The normalized spacial score (nSPS) is 10.7. The maximum absolute atomic E-state index is 11.9. The Morgan fingerprint density at radius 2 is 1.92 bits per heavy atom. The average Bonchev–Trinajstić information content (AvgIpc) is 2.61. The minimum absolute atomic E-state index is 0.406. The van der Waals surface area contributed by atoms with E-state index >= 15 is 0 Å². The summed E-state index contributed by atoms with van der Waals surface area (Å²) in [5, 5.41) is 4.79. The second-order valence-electron chi connectivity index (χ2n) is 5.61. The number of benzene rings is 2. The fourth-order valence-corrected chi connectivity index (χ4v) is 2.80. The van der Waals surface area contributed by atoms with Gasteiger partial charge in [0.25, 0.3) is 0 Å². The first-order chi connectivity index (χ1) is 12.0. The van der Waals surface area contributed by atoms with Gasteiger partial charge in [0.05, 0.1) is 19.9 Å². The molecule has 0 aliphatic carbocycles. The Morgan fingerprint density at radius 3 is 2.64 bits per heavy atom. The molecule has 5 nitrogen and oxygen atoms in total. The van der Waals surface area contributed by atoms with Crippen molar-refractivity contribution in [2.75, 3.05) is 19.5 Å². The number of rotatable bonds is 5. The van der Waals surface area contributed by atoms with Gasteiger partial charge in [0.1, 0.15) is 17.1 Å². The van der Waals surface area contributed by atoms with E-state index in [2.05, 4.69) is 5.32 Å². The van der Waals surface area contributed by atoms with E-state index < -0.39 is 5.63 Å². The Bertz CT molecular complexity index is 981. The van der Waals surface area contributed by atoms with Gasteiger partial charge in [0, 0.05) is 35.2 Å². The molecule has 0 unspecified atom stereocenters. The largest absolute Gasteiger partial charge is 0.497 e. The molecule has 25 heavy (non-hydrogen) atoms. The van der Waals surface area contributed by atoms with Crippen LogP contribution in [-0.4, -0.2) is 14.2 Å². The van der Waals surface area contributed by atoms with Crippen molar-refractivity contribution < 1.29 is 13.9 Å². The molecule has 0 atom stereocenters. The van der Waals surface area contributed by atoms with Gasteiger partial charge in [-0.3, -0.25) is 0 Å². The molecule has 1 heterocycles. The molecule has 0 aliphatic rings. The van der Waals surface area contributed by atoms with Crippen molar-refractivity contribution >= 4 is 28.3 Å². The molecule has 130 valence electrons. The molecule has 0 saturated carbocycles. The summed E-state index contributed by atoms with van der Waals surface area (Å²) in [5.74, 6) is 1.28. The number of nitrogens with one attached hydrogen (secondary N) is 1. The van der Waals surface area contributed by atoms with Crippen LogP contribution in [0.4, 0.5) is 5.69 Å². The van der Waals surface area contributed by atoms with Gasteiger partial charge in [-0.1, -0.05) is 11.6 Å². The van der Waals surface area contributed by atoms with E-state index in [4.69, 9.17) is 25.5 Å². The summed E-state index contributed by atoms with van der Waals surface area (Å²) in [6, 6.07) is 10.6. The zero-order chi connectivity index (χ0) is 18.0. The van der Waals surface area contributed by atoms with E-state index in [9.17, 15) is 4.79 Å². The Kier molecular flexibility index (Phi) is 4.86. The predicted octanol–water partition coefficient (Wildman–Crippen LogP) is 4.38. The van der Waals surface area contributed by atoms with E-state index in [1.165, 1.54) is 6.07 Å². The van der Waals surface area contributed by atoms with Crippen molar-refractivity contribution in [1.29, 1.82) is 0 Å². The molecule has 1 N–H and O–H groups in total. The van der Waals surface area contributed by atoms with Crippen LogP contribution in [0.25, 0.3) is 11.0 Å². The number of anilines is 1. The summed E-state index contributed by atoms with van der Waals surface area (Å²) >= 11 is 6.14. The summed E-state index contributed by atoms with van der Waals surface area (Å²) in [7, 11) is 3.16. The standard InChI is InChI=1S/C19H18ClNO4/c1-11-6-16(18(24-3)9-15(11)20)21-10-12-7-19(22)25-17-8-13(23-2)4-5-14(12)17/h4-9,21H,10H2,1-3H3. The Hall–Kier alpha value is -2.66. The predicted molar refractivity (Wildman–Crippen MR) is 99.1 cm³/mol. The average molecular weight is 360 g/mol.